The second-order valence-corrected chi connectivity index (χ2v) is 5.66. The summed E-state index contributed by atoms with van der Waals surface area (Å²) in [6.07, 6.45) is 4.05. The second kappa shape index (κ2) is 5.72. The second-order valence-electron chi connectivity index (χ2n) is 5.66. The monoisotopic (exact) mass is 262 g/mol. The van der Waals surface area contributed by atoms with E-state index in [1.54, 1.807) is 12.1 Å². The van der Waals surface area contributed by atoms with Crippen LogP contribution >= 0.6 is 0 Å². The van der Waals surface area contributed by atoms with Gasteiger partial charge in [-0.25, -0.2) is 0 Å². The smallest absolute Gasteiger partial charge is 0.248 e. The molecule has 0 atom stereocenters. The maximum atomic E-state index is 11.0. The molecule has 0 radical (unpaired) electrons. The molecule has 104 valence electrons. The van der Waals surface area contributed by atoms with Crippen LogP contribution in [0.5, 0.6) is 0 Å². The highest BCUT2D eigenvalue weighted by Crippen LogP contribution is 2.30. The predicted octanol–water partition coefficient (Wildman–Crippen LogP) is 1.52. The Bertz CT molecular complexity index is 436. The number of hydrogen-bond donors (Lipinski definition) is 2. The summed E-state index contributed by atoms with van der Waals surface area (Å²) in [5, 5.41) is 10.4. The number of amides is 1. The molecule has 0 aromatic heterocycles. The molecule has 0 unspecified atom stereocenters. The Balaban J connectivity index is 1.91. The van der Waals surface area contributed by atoms with Gasteiger partial charge in [-0.05, 0) is 37.6 Å². The van der Waals surface area contributed by atoms with Crippen molar-refractivity contribution < 1.29 is 9.90 Å². The third-order valence-corrected chi connectivity index (χ3v) is 3.79. The van der Waals surface area contributed by atoms with E-state index in [2.05, 4.69) is 4.90 Å². The molecule has 1 aromatic carbocycles. The van der Waals surface area contributed by atoms with Crippen LogP contribution in [-0.2, 0) is 6.54 Å². The van der Waals surface area contributed by atoms with Crippen molar-refractivity contribution in [2.45, 2.75) is 37.8 Å². The van der Waals surface area contributed by atoms with Crippen molar-refractivity contribution in [3.63, 3.8) is 0 Å². The Morgan fingerprint density at radius 1 is 1.32 bits per heavy atom. The number of benzene rings is 1. The largest absolute Gasteiger partial charge is 0.389 e. The van der Waals surface area contributed by atoms with E-state index >= 15 is 0 Å². The van der Waals surface area contributed by atoms with Crippen molar-refractivity contribution >= 4 is 5.91 Å². The Hall–Kier alpha value is -1.39. The maximum absolute atomic E-state index is 11.0. The quantitative estimate of drug-likeness (QED) is 0.845. The minimum atomic E-state index is -0.512. The van der Waals surface area contributed by atoms with E-state index in [1.807, 2.05) is 19.2 Å². The molecule has 0 aliphatic heterocycles. The lowest BCUT2D eigenvalue weighted by atomic mass is 10.0. The first kappa shape index (κ1) is 14.0. The average molecular weight is 262 g/mol. The molecule has 1 aliphatic carbocycles. The standard InChI is InChI=1S/C15H22N2O2/c1-17(11-15(19)8-2-3-9-15)10-12-4-6-13(7-5-12)14(16)18/h4-7,19H,2-3,8-11H2,1H3,(H2,16,18). The van der Waals surface area contributed by atoms with Crippen LogP contribution in [0.2, 0.25) is 0 Å². The summed E-state index contributed by atoms with van der Waals surface area (Å²) in [5.41, 5.74) is 6.35. The molecule has 1 saturated carbocycles. The first-order valence-electron chi connectivity index (χ1n) is 6.78. The zero-order valence-corrected chi connectivity index (χ0v) is 11.4. The Morgan fingerprint density at radius 2 is 1.89 bits per heavy atom. The molecule has 4 heteroatoms. The van der Waals surface area contributed by atoms with Crippen LogP contribution in [0.1, 0.15) is 41.6 Å². The first-order chi connectivity index (χ1) is 8.98. The van der Waals surface area contributed by atoms with E-state index in [0.717, 1.165) is 37.8 Å². The van der Waals surface area contributed by atoms with Crippen molar-refractivity contribution in [3.05, 3.63) is 35.4 Å². The molecule has 2 rings (SSSR count). The van der Waals surface area contributed by atoms with Gasteiger partial charge >= 0.3 is 0 Å². The minimum Gasteiger partial charge on any atom is -0.389 e. The highest BCUT2D eigenvalue weighted by molar-refractivity contribution is 5.92. The SMILES string of the molecule is CN(Cc1ccc(C(N)=O)cc1)CC1(O)CCCC1. The van der Waals surface area contributed by atoms with Gasteiger partial charge in [-0.15, -0.1) is 0 Å². The predicted molar refractivity (Wildman–Crippen MR) is 74.7 cm³/mol. The number of nitrogens with zero attached hydrogens (tertiary/aromatic N) is 1. The summed E-state index contributed by atoms with van der Waals surface area (Å²) >= 11 is 0. The summed E-state index contributed by atoms with van der Waals surface area (Å²) in [7, 11) is 2.01. The van der Waals surface area contributed by atoms with Gasteiger partial charge in [-0.1, -0.05) is 25.0 Å². The van der Waals surface area contributed by atoms with Gasteiger partial charge in [-0.3, -0.25) is 9.69 Å². The molecular formula is C15H22N2O2. The van der Waals surface area contributed by atoms with Crippen molar-refractivity contribution in [2.24, 2.45) is 5.73 Å². The van der Waals surface area contributed by atoms with E-state index < -0.39 is 11.5 Å². The van der Waals surface area contributed by atoms with Crippen LogP contribution in [0, 0.1) is 0 Å². The molecule has 0 spiro atoms. The third kappa shape index (κ3) is 3.78. The van der Waals surface area contributed by atoms with E-state index in [0.29, 0.717) is 12.1 Å². The van der Waals surface area contributed by atoms with Crippen molar-refractivity contribution in [2.75, 3.05) is 13.6 Å². The highest BCUT2D eigenvalue weighted by atomic mass is 16.3. The van der Waals surface area contributed by atoms with Crippen LogP contribution in [0.4, 0.5) is 0 Å². The fraction of sp³-hybridized carbons (Fsp3) is 0.533. The van der Waals surface area contributed by atoms with Gasteiger partial charge in [0.15, 0.2) is 0 Å². The van der Waals surface area contributed by atoms with Gasteiger partial charge in [0.25, 0.3) is 0 Å². The number of rotatable bonds is 5. The lowest BCUT2D eigenvalue weighted by molar-refractivity contribution is 0.0145. The van der Waals surface area contributed by atoms with Gasteiger partial charge in [0.05, 0.1) is 5.60 Å². The molecular weight excluding hydrogens is 240 g/mol. The molecule has 3 N–H and O–H groups in total. The van der Waals surface area contributed by atoms with Crippen molar-refractivity contribution in [1.29, 1.82) is 0 Å². The van der Waals surface area contributed by atoms with Gasteiger partial charge < -0.3 is 10.8 Å². The summed E-state index contributed by atoms with van der Waals surface area (Å²) < 4.78 is 0. The zero-order valence-electron chi connectivity index (χ0n) is 11.4. The molecule has 19 heavy (non-hydrogen) atoms. The van der Waals surface area contributed by atoms with Gasteiger partial charge in [-0.2, -0.15) is 0 Å². The number of carbonyl (C=O) groups excluding carboxylic acids is 1. The zero-order chi connectivity index (χ0) is 13.9. The molecule has 1 fully saturated rings. The van der Waals surface area contributed by atoms with Crippen LogP contribution < -0.4 is 5.73 Å². The first-order valence-corrected chi connectivity index (χ1v) is 6.78. The highest BCUT2D eigenvalue weighted by Gasteiger charge is 2.31. The van der Waals surface area contributed by atoms with E-state index in [9.17, 15) is 9.90 Å². The molecule has 4 nitrogen and oxygen atoms in total. The Kier molecular flexibility index (Phi) is 4.22. The molecule has 1 aromatic rings. The maximum Gasteiger partial charge on any atom is 0.248 e. The van der Waals surface area contributed by atoms with E-state index in [4.69, 9.17) is 5.73 Å². The number of nitrogens with two attached hydrogens (primary N) is 1. The third-order valence-electron chi connectivity index (χ3n) is 3.79. The van der Waals surface area contributed by atoms with Crippen molar-refractivity contribution in [1.82, 2.24) is 4.90 Å². The summed E-state index contributed by atoms with van der Waals surface area (Å²) in [6.45, 7) is 1.46. The normalized spacial score (nSPS) is 17.8. The lowest BCUT2D eigenvalue weighted by Gasteiger charge is -2.28. The topological polar surface area (TPSA) is 66.6 Å². The van der Waals surface area contributed by atoms with Gasteiger partial charge in [0.1, 0.15) is 0 Å². The Morgan fingerprint density at radius 3 is 2.42 bits per heavy atom. The summed E-state index contributed by atoms with van der Waals surface area (Å²) in [4.78, 5) is 13.1. The van der Waals surface area contributed by atoms with E-state index in [1.165, 1.54) is 0 Å². The lowest BCUT2D eigenvalue weighted by Crippen LogP contribution is -2.38. The minimum absolute atomic E-state index is 0.403. The molecule has 0 heterocycles. The number of primary amides is 1. The van der Waals surface area contributed by atoms with Gasteiger partial charge in [0.2, 0.25) is 5.91 Å². The fourth-order valence-corrected chi connectivity index (χ4v) is 2.84. The number of aliphatic hydroxyl groups is 1. The number of carbonyl (C=O) groups is 1. The molecule has 1 amide bonds. The van der Waals surface area contributed by atoms with E-state index in [-0.39, 0.29) is 0 Å². The van der Waals surface area contributed by atoms with Crippen LogP contribution in [0.3, 0.4) is 0 Å². The fourth-order valence-electron chi connectivity index (χ4n) is 2.84. The molecule has 1 aliphatic rings. The molecule has 0 saturated heterocycles. The van der Waals surface area contributed by atoms with Crippen molar-refractivity contribution in [3.8, 4) is 0 Å². The average Bonchev–Trinajstić information content (AvgIpc) is 2.76. The number of hydrogen-bond acceptors (Lipinski definition) is 3. The van der Waals surface area contributed by atoms with Crippen LogP contribution in [-0.4, -0.2) is 35.1 Å². The van der Waals surface area contributed by atoms with Gasteiger partial charge in [0, 0.05) is 18.7 Å². The number of likely N-dealkylation sites (N-methyl/N-ethyl adjacent to an activating group) is 1. The summed E-state index contributed by atoms with van der Waals surface area (Å²) in [6, 6.07) is 7.32. The van der Waals surface area contributed by atoms with Crippen LogP contribution in [0.15, 0.2) is 24.3 Å². The Labute approximate surface area is 114 Å². The summed E-state index contributed by atoms with van der Waals surface area (Å²) in [5.74, 6) is -0.403. The van der Waals surface area contributed by atoms with Crippen LogP contribution in [0.25, 0.3) is 0 Å². The molecule has 0 bridgehead atoms.